The Morgan fingerprint density at radius 3 is 2.65 bits per heavy atom. The molecule has 0 aromatic heterocycles. The number of hydrogen-bond donors (Lipinski definition) is 2. The van der Waals surface area contributed by atoms with Gasteiger partial charge in [-0.05, 0) is 25.2 Å². The van der Waals surface area contributed by atoms with Gasteiger partial charge in [0, 0.05) is 13.5 Å². The van der Waals surface area contributed by atoms with E-state index in [1.54, 1.807) is 0 Å². The molecule has 2 atom stereocenters. The highest BCUT2D eigenvalue weighted by Gasteiger charge is 2.33. The van der Waals surface area contributed by atoms with E-state index in [-0.39, 0.29) is 12.3 Å². The number of aliphatic hydroxyl groups is 1. The molecular weight excluding hydrogens is 220 g/mol. The summed E-state index contributed by atoms with van der Waals surface area (Å²) >= 11 is 0. The van der Waals surface area contributed by atoms with Crippen LogP contribution in [-0.2, 0) is 9.53 Å². The van der Waals surface area contributed by atoms with Gasteiger partial charge in [-0.1, -0.05) is 24.3 Å². The second-order valence-electron chi connectivity index (χ2n) is 4.75. The van der Waals surface area contributed by atoms with Crippen molar-refractivity contribution in [3.63, 3.8) is 0 Å². The molecule has 17 heavy (non-hydrogen) atoms. The first kappa shape index (κ1) is 13.9. The summed E-state index contributed by atoms with van der Waals surface area (Å²) < 4.78 is 4.90. The van der Waals surface area contributed by atoms with E-state index in [9.17, 15) is 9.90 Å². The van der Waals surface area contributed by atoms with Crippen LogP contribution in [0.15, 0.2) is 24.3 Å². The molecule has 0 heterocycles. The van der Waals surface area contributed by atoms with Crippen molar-refractivity contribution in [2.24, 2.45) is 5.92 Å². The number of hydrogen-bond acceptors (Lipinski definition) is 3. The molecule has 96 valence electrons. The van der Waals surface area contributed by atoms with E-state index in [1.807, 2.05) is 0 Å². The van der Waals surface area contributed by atoms with Gasteiger partial charge in [-0.2, -0.15) is 0 Å². The van der Waals surface area contributed by atoms with Crippen molar-refractivity contribution in [2.45, 2.75) is 37.9 Å². The Bertz CT molecular complexity index is 334. The SMILES string of the molecule is C=C1CCC(C(=C)CC(O)(CC(=O)O)OC)C1. The highest BCUT2D eigenvalue weighted by molar-refractivity contribution is 5.67. The molecule has 2 unspecified atom stereocenters. The lowest BCUT2D eigenvalue weighted by Gasteiger charge is -2.27. The average molecular weight is 240 g/mol. The lowest BCUT2D eigenvalue weighted by atomic mass is 9.91. The summed E-state index contributed by atoms with van der Waals surface area (Å²) in [5.41, 5.74) is 2.03. The second-order valence-corrected chi connectivity index (χ2v) is 4.75. The minimum atomic E-state index is -1.65. The summed E-state index contributed by atoms with van der Waals surface area (Å²) in [5.74, 6) is -2.44. The van der Waals surface area contributed by atoms with E-state index in [0.717, 1.165) is 24.8 Å². The number of carbonyl (C=O) groups is 1. The lowest BCUT2D eigenvalue weighted by molar-refractivity contribution is -0.197. The molecule has 1 aliphatic carbocycles. The van der Waals surface area contributed by atoms with Gasteiger partial charge in [0.1, 0.15) is 0 Å². The molecule has 0 spiro atoms. The number of aliphatic carboxylic acids is 1. The predicted octanol–water partition coefficient (Wildman–Crippen LogP) is 2.10. The number of methoxy groups -OCH3 is 1. The van der Waals surface area contributed by atoms with Crippen molar-refractivity contribution < 1.29 is 19.7 Å². The molecule has 1 rings (SSSR count). The summed E-state index contributed by atoms with van der Waals surface area (Å²) in [4.78, 5) is 10.6. The largest absolute Gasteiger partial charge is 0.481 e. The van der Waals surface area contributed by atoms with Crippen molar-refractivity contribution in [3.05, 3.63) is 24.3 Å². The van der Waals surface area contributed by atoms with Gasteiger partial charge >= 0.3 is 5.97 Å². The summed E-state index contributed by atoms with van der Waals surface area (Å²) in [6.07, 6.45) is 2.56. The molecule has 4 heteroatoms. The molecule has 0 aliphatic heterocycles. The third-order valence-electron chi connectivity index (χ3n) is 3.27. The molecule has 2 N–H and O–H groups in total. The van der Waals surface area contributed by atoms with Crippen molar-refractivity contribution in [3.8, 4) is 0 Å². The zero-order valence-corrected chi connectivity index (χ0v) is 10.2. The molecule has 1 aliphatic rings. The summed E-state index contributed by atoms with van der Waals surface area (Å²) in [6.45, 7) is 7.86. The molecule has 0 aromatic carbocycles. The average Bonchev–Trinajstić information content (AvgIpc) is 2.63. The normalized spacial score (nSPS) is 23.4. The Morgan fingerprint density at radius 2 is 2.24 bits per heavy atom. The summed E-state index contributed by atoms with van der Waals surface area (Å²) in [6, 6.07) is 0. The molecule has 1 fully saturated rings. The topological polar surface area (TPSA) is 66.8 Å². The van der Waals surface area contributed by atoms with Gasteiger partial charge in [-0.3, -0.25) is 4.79 Å². The fourth-order valence-electron chi connectivity index (χ4n) is 2.22. The Morgan fingerprint density at radius 1 is 1.59 bits per heavy atom. The minimum Gasteiger partial charge on any atom is -0.481 e. The van der Waals surface area contributed by atoms with Crippen LogP contribution in [0.5, 0.6) is 0 Å². The van der Waals surface area contributed by atoms with Crippen LogP contribution in [0.2, 0.25) is 0 Å². The Balaban J connectivity index is 2.58. The van der Waals surface area contributed by atoms with Crippen molar-refractivity contribution in [1.29, 1.82) is 0 Å². The molecule has 0 amide bonds. The quantitative estimate of drug-likeness (QED) is 0.551. The molecule has 0 radical (unpaired) electrons. The Kier molecular flexibility index (Phi) is 4.48. The molecule has 0 saturated heterocycles. The third-order valence-corrected chi connectivity index (χ3v) is 3.27. The van der Waals surface area contributed by atoms with Crippen LogP contribution in [0.25, 0.3) is 0 Å². The third kappa shape index (κ3) is 3.98. The number of allylic oxidation sites excluding steroid dienone is 1. The van der Waals surface area contributed by atoms with E-state index in [1.165, 1.54) is 12.7 Å². The van der Waals surface area contributed by atoms with Crippen LogP contribution >= 0.6 is 0 Å². The molecule has 0 bridgehead atoms. The standard InChI is InChI=1S/C13H20O4/c1-9-4-5-11(6-9)10(2)7-13(16,17-3)8-12(14)15/h11,16H,1-2,4-8H2,3H3,(H,14,15). The van der Waals surface area contributed by atoms with Gasteiger partial charge in [-0.25, -0.2) is 0 Å². The number of ether oxygens (including phenoxy) is 1. The Hall–Kier alpha value is -1.13. The van der Waals surface area contributed by atoms with Gasteiger partial charge < -0.3 is 14.9 Å². The van der Waals surface area contributed by atoms with E-state index in [4.69, 9.17) is 9.84 Å². The molecule has 0 aromatic rings. The first-order valence-electron chi connectivity index (χ1n) is 5.70. The highest BCUT2D eigenvalue weighted by Crippen LogP contribution is 2.37. The Labute approximate surface area is 102 Å². The predicted molar refractivity (Wildman–Crippen MR) is 64.4 cm³/mol. The maximum absolute atomic E-state index is 10.6. The maximum Gasteiger partial charge on any atom is 0.308 e. The van der Waals surface area contributed by atoms with E-state index in [2.05, 4.69) is 13.2 Å². The van der Waals surface area contributed by atoms with E-state index in [0.29, 0.717) is 0 Å². The van der Waals surface area contributed by atoms with Gasteiger partial charge in [0.2, 0.25) is 0 Å². The van der Waals surface area contributed by atoms with Crippen LogP contribution in [-0.4, -0.2) is 29.1 Å². The van der Waals surface area contributed by atoms with Crippen LogP contribution < -0.4 is 0 Å². The summed E-state index contributed by atoms with van der Waals surface area (Å²) in [7, 11) is 1.31. The molecular formula is C13H20O4. The zero-order chi connectivity index (χ0) is 13.1. The van der Waals surface area contributed by atoms with Gasteiger partial charge in [-0.15, -0.1) is 0 Å². The van der Waals surface area contributed by atoms with Crippen LogP contribution in [0.1, 0.15) is 32.1 Å². The molecule has 1 saturated carbocycles. The van der Waals surface area contributed by atoms with Crippen LogP contribution in [0.4, 0.5) is 0 Å². The maximum atomic E-state index is 10.6. The van der Waals surface area contributed by atoms with Gasteiger partial charge in [0.15, 0.2) is 5.79 Å². The monoisotopic (exact) mass is 240 g/mol. The first-order chi connectivity index (χ1) is 7.86. The van der Waals surface area contributed by atoms with Crippen LogP contribution in [0.3, 0.4) is 0 Å². The van der Waals surface area contributed by atoms with Gasteiger partial charge in [0.05, 0.1) is 6.42 Å². The number of carboxylic acid groups (broad SMARTS) is 1. The first-order valence-corrected chi connectivity index (χ1v) is 5.70. The van der Waals surface area contributed by atoms with Crippen molar-refractivity contribution in [2.75, 3.05) is 7.11 Å². The van der Waals surface area contributed by atoms with Crippen LogP contribution in [0, 0.1) is 5.92 Å². The van der Waals surface area contributed by atoms with Crippen molar-refractivity contribution in [1.82, 2.24) is 0 Å². The molecule has 4 nitrogen and oxygen atoms in total. The minimum absolute atomic E-state index is 0.160. The number of carboxylic acids is 1. The van der Waals surface area contributed by atoms with Gasteiger partial charge in [0.25, 0.3) is 0 Å². The highest BCUT2D eigenvalue weighted by atomic mass is 16.6. The smallest absolute Gasteiger partial charge is 0.308 e. The zero-order valence-electron chi connectivity index (χ0n) is 10.2. The lowest BCUT2D eigenvalue weighted by Crippen LogP contribution is -2.35. The fourth-order valence-corrected chi connectivity index (χ4v) is 2.22. The van der Waals surface area contributed by atoms with E-state index < -0.39 is 18.2 Å². The summed E-state index contributed by atoms with van der Waals surface area (Å²) in [5, 5.41) is 18.7. The number of rotatable bonds is 6. The van der Waals surface area contributed by atoms with Crippen molar-refractivity contribution >= 4 is 5.97 Å². The fraction of sp³-hybridized carbons (Fsp3) is 0.615. The second kappa shape index (κ2) is 5.47. The van der Waals surface area contributed by atoms with E-state index >= 15 is 0 Å².